The van der Waals surface area contributed by atoms with Crippen LogP contribution in [0.5, 0.6) is 0 Å². The van der Waals surface area contributed by atoms with E-state index in [1.807, 2.05) is 29.2 Å². The van der Waals surface area contributed by atoms with Crippen molar-refractivity contribution in [2.75, 3.05) is 17.2 Å². The van der Waals surface area contributed by atoms with Crippen LogP contribution < -0.4 is 10.6 Å². The maximum Gasteiger partial charge on any atom is 0.226 e. The van der Waals surface area contributed by atoms with Gasteiger partial charge >= 0.3 is 0 Å². The Hall–Kier alpha value is -1.51. The number of hydrogen-bond acceptors (Lipinski definition) is 2. The predicted molar refractivity (Wildman–Crippen MR) is 61.7 cm³/mol. The van der Waals surface area contributed by atoms with E-state index < -0.39 is 0 Å². The summed E-state index contributed by atoms with van der Waals surface area (Å²) in [6, 6.07) is 7.54. The lowest BCUT2D eigenvalue weighted by molar-refractivity contribution is -0.118. The Morgan fingerprint density at radius 1 is 1.20 bits per heavy atom. The third kappa shape index (κ3) is 2.29. The van der Waals surface area contributed by atoms with Gasteiger partial charge in [0.15, 0.2) is 0 Å². The molecule has 15 heavy (non-hydrogen) atoms. The number of nitrogens with zero attached hydrogens (tertiary/aromatic N) is 1. The van der Waals surface area contributed by atoms with E-state index in [9.17, 15) is 4.79 Å². The smallest absolute Gasteiger partial charge is 0.226 e. The Bertz CT molecular complexity index is 362. The van der Waals surface area contributed by atoms with Gasteiger partial charge in [-0.05, 0) is 31.0 Å². The molecule has 1 heterocycles. The topological polar surface area (TPSA) is 46.3 Å². The van der Waals surface area contributed by atoms with Crippen molar-refractivity contribution in [3.05, 3.63) is 24.3 Å². The molecule has 1 amide bonds. The molecule has 1 aliphatic heterocycles. The van der Waals surface area contributed by atoms with Crippen molar-refractivity contribution < 1.29 is 4.79 Å². The SMILES string of the molecule is Nc1cccc(N2CCCCCC2=O)c1. The van der Waals surface area contributed by atoms with E-state index in [0.29, 0.717) is 12.1 Å². The molecule has 3 heteroatoms. The van der Waals surface area contributed by atoms with Crippen LogP contribution in [0.1, 0.15) is 25.7 Å². The molecule has 80 valence electrons. The fourth-order valence-electron chi connectivity index (χ4n) is 1.95. The van der Waals surface area contributed by atoms with Gasteiger partial charge in [-0.25, -0.2) is 0 Å². The second-order valence-corrected chi connectivity index (χ2v) is 3.95. The molecule has 0 spiro atoms. The number of rotatable bonds is 1. The Morgan fingerprint density at radius 2 is 2.07 bits per heavy atom. The first-order valence-electron chi connectivity index (χ1n) is 5.43. The molecule has 0 atom stereocenters. The number of anilines is 2. The fourth-order valence-corrected chi connectivity index (χ4v) is 1.95. The lowest BCUT2D eigenvalue weighted by Crippen LogP contribution is -2.29. The summed E-state index contributed by atoms with van der Waals surface area (Å²) in [6.45, 7) is 0.822. The summed E-state index contributed by atoms with van der Waals surface area (Å²) in [5.74, 6) is 0.220. The number of hydrogen-bond donors (Lipinski definition) is 1. The van der Waals surface area contributed by atoms with Crippen molar-refractivity contribution >= 4 is 17.3 Å². The molecule has 0 aromatic heterocycles. The van der Waals surface area contributed by atoms with E-state index in [2.05, 4.69) is 0 Å². The monoisotopic (exact) mass is 204 g/mol. The van der Waals surface area contributed by atoms with Crippen LogP contribution in [-0.4, -0.2) is 12.5 Å². The predicted octanol–water partition coefficient (Wildman–Crippen LogP) is 2.18. The lowest BCUT2D eigenvalue weighted by atomic mass is 10.2. The molecule has 0 aliphatic carbocycles. The molecule has 0 radical (unpaired) electrons. The second kappa shape index (κ2) is 4.34. The Balaban J connectivity index is 2.24. The Labute approximate surface area is 89.9 Å². The van der Waals surface area contributed by atoms with Gasteiger partial charge in [-0.15, -0.1) is 0 Å². The molecule has 2 N–H and O–H groups in total. The van der Waals surface area contributed by atoms with Gasteiger partial charge in [0.1, 0.15) is 0 Å². The molecule has 1 saturated heterocycles. The highest BCUT2D eigenvalue weighted by molar-refractivity contribution is 5.93. The second-order valence-electron chi connectivity index (χ2n) is 3.95. The molecule has 1 aliphatic rings. The van der Waals surface area contributed by atoms with E-state index >= 15 is 0 Å². The summed E-state index contributed by atoms with van der Waals surface area (Å²) in [7, 11) is 0. The zero-order chi connectivity index (χ0) is 10.7. The molecule has 0 saturated carbocycles. The summed E-state index contributed by atoms with van der Waals surface area (Å²) in [5, 5.41) is 0. The maximum atomic E-state index is 11.8. The van der Waals surface area contributed by atoms with Crippen molar-refractivity contribution in [1.82, 2.24) is 0 Å². The molecular formula is C12H16N2O. The van der Waals surface area contributed by atoms with Crippen LogP contribution >= 0.6 is 0 Å². The van der Waals surface area contributed by atoms with Gasteiger partial charge in [-0.1, -0.05) is 12.5 Å². The highest BCUT2D eigenvalue weighted by atomic mass is 16.2. The number of benzene rings is 1. The normalized spacial score (nSPS) is 17.6. The van der Waals surface area contributed by atoms with E-state index in [1.165, 1.54) is 0 Å². The molecule has 3 nitrogen and oxygen atoms in total. The van der Waals surface area contributed by atoms with Gasteiger partial charge < -0.3 is 10.6 Å². The van der Waals surface area contributed by atoms with Gasteiger partial charge in [-0.3, -0.25) is 4.79 Å². The quantitative estimate of drug-likeness (QED) is 0.713. The first-order chi connectivity index (χ1) is 7.27. The van der Waals surface area contributed by atoms with Crippen LogP contribution in [0.15, 0.2) is 24.3 Å². The summed E-state index contributed by atoms with van der Waals surface area (Å²) < 4.78 is 0. The average Bonchev–Trinajstić information content (AvgIpc) is 2.43. The standard InChI is InChI=1S/C12H16N2O/c13-10-5-4-6-11(9-10)14-8-3-1-2-7-12(14)15/h4-6,9H,1-3,7-8,13H2. The van der Waals surface area contributed by atoms with Crippen molar-refractivity contribution in [2.24, 2.45) is 0 Å². The summed E-state index contributed by atoms with van der Waals surface area (Å²) in [6.07, 6.45) is 3.90. The van der Waals surface area contributed by atoms with Crippen LogP contribution in [0, 0.1) is 0 Å². The van der Waals surface area contributed by atoms with Crippen molar-refractivity contribution in [1.29, 1.82) is 0 Å². The maximum absolute atomic E-state index is 11.8. The minimum absolute atomic E-state index is 0.220. The Kier molecular flexibility index (Phi) is 2.90. The van der Waals surface area contributed by atoms with Gasteiger partial charge in [-0.2, -0.15) is 0 Å². The van der Waals surface area contributed by atoms with Crippen LogP contribution in [0.3, 0.4) is 0 Å². The first kappa shape index (κ1) is 10.0. The minimum atomic E-state index is 0.220. The van der Waals surface area contributed by atoms with E-state index in [0.717, 1.165) is 31.5 Å². The summed E-state index contributed by atoms with van der Waals surface area (Å²) in [5.41, 5.74) is 7.36. The zero-order valence-corrected chi connectivity index (χ0v) is 8.78. The number of nitrogen functional groups attached to an aromatic ring is 1. The number of amides is 1. The molecule has 1 aromatic rings. The molecule has 0 bridgehead atoms. The van der Waals surface area contributed by atoms with E-state index in [1.54, 1.807) is 0 Å². The highest BCUT2D eigenvalue weighted by Crippen LogP contribution is 2.22. The van der Waals surface area contributed by atoms with Crippen LogP contribution in [0.2, 0.25) is 0 Å². The minimum Gasteiger partial charge on any atom is -0.399 e. The molecule has 1 fully saturated rings. The first-order valence-corrected chi connectivity index (χ1v) is 5.43. The third-order valence-corrected chi connectivity index (χ3v) is 2.76. The van der Waals surface area contributed by atoms with Gasteiger partial charge in [0.25, 0.3) is 0 Å². The van der Waals surface area contributed by atoms with E-state index in [-0.39, 0.29) is 5.91 Å². The largest absolute Gasteiger partial charge is 0.399 e. The summed E-state index contributed by atoms with van der Waals surface area (Å²) >= 11 is 0. The highest BCUT2D eigenvalue weighted by Gasteiger charge is 2.17. The number of nitrogens with two attached hydrogens (primary N) is 1. The molecular weight excluding hydrogens is 188 g/mol. The van der Waals surface area contributed by atoms with Crippen molar-refractivity contribution in [3.8, 4) is 0 Å². The fraction of sp³-hybridized carbons (Fsp3) is 0.417. The van der Waals surface area contributed by atoms with Crippen molar-refractivity contribution in [3.63, 3.8) is 0 Å². The van der Waals surface area contributed by atoms with Gasteiger partial charge in [0.05, 0.1) is 0 Å². The Morgan fingerprint density at radius 3 is 2.87 bits per heavy atom. The van der Waals surface area contributed by atoms with E-state index in [4.69, 9.17) is 5.73 Å². The molecule has 2 rings (SSSR count). The zero-order valence-electron chi connectivity index (χ0n) is 8.78. The summed E-state index contributed by atoms with van der Waals surface area (Å²) in [4.78, 5) is 13.7. The third-order valence-electron chi connectivity index (χ3n) is 2.76. The van der Waals surface area contributed by atoms with Crippen molar-refractivity contribution in [2.45, 2.75) is 25.7 Å². The number of carbonyl (C=O) groups is 1. The average molecular weight is 204 g/mol. The molecule has 1 aromatic carbocycles. The lowest BCUT2D eigenvalue weighted by Gasteiger charge is -2.20. The van der Waals surface area contributed by atoms with Crippen LogP contribution in [-0.2, 0) is 4.79 Å². The van der Waals surface area contributed by atoms with Crippen LogP contribution in [0.25, 0.3) is 0 Å². The number of carbonyl (C=O) groups excluding carboxylic acids is 1. The van der Waals surface area contributed by atoms with Gasteiger partial charge in [0.2, 0.25) is 5.91 Å². The van der Waals surface area contributed by atoms with Gasteiger partial charge in [0, 0.05) is 24.3 Å². The van der Waals surface area contributed by atoms with Crippen LogP contribution in [0.4, 0.5) is 11.4 Å². The molecule has 0 unspecified atom stereocenters.